The summed E-state index contributed by atoms with van der Waals surface area (Å²) in [4.78, 5) is 2.51. The molecule has 2 atom stereocenters. The lowest BCUT2D eigenvalue weighted by molar-refractivity contribution is 0.241. The van der Waals surface area contributed by atoms with E-state index in [0.717, 1.165) is 24.4 Å². The van der Waals surface area contributed by atoms with Gasteiger partial charge in [-0.15, -0.1) is 0 Å². The predicted octanol–water partition coefficient (Wildman–Crippen LogP) is 2.62. The summed E-state index contributed by atoms with van der Waals surface area (Å²) in [5, 5.41) is 5.16. The maximum absolute atomic E-state index is 4.34. The van der Waals surface area contributed by atoms with Crippen LogP contribution in [-0.2, 0) is 13.1 Å². The van der Waals surface area contributed by atoms with Crippen LogP contribution in [-0.4, -0.2) is 39.3 Å². The maximum Gasteiger partial charge on any atom is 0.0534 e. The summed E-state index contributed by atoms with van der Waals surface area (Å²) < 4.78 is 2.00. The molecule has 0 saturated heterocycles. The van der Waals surface area contributed by atoms with E-state index in [-0.39, 0.29) is 0 Å². The highest BCUT2D eigenvalue weighted by atomic mass is 32.2. The summed E-state index contributed by atoms with van der Waals surface area (Å²) >= 11 is 2.03. The molecule has 1 fully saturated rings. The third kappa shape index (κ3) is 3.05. The van der Waals surface area contributed by atoms with E-state index < -0.39 is 0 Å². The highest BCUT2D eigenvalue weighted by Gasteiger charge is 2.29. The van der Waals surface area contributed by atoms with Crippen LogP contribution in [0.5, 0.6) is 0 Å². The smallest absolute Gasteiger partial charge is 0.0534 e. The third-order valence-electron chi connectivity index (χ3n) is 3.73. The molecule has 0 radical (unpaired) electrons. The van der Waals surface area contributed by atoms with Crippen molar-refractivity contribution in [2.45, 2.75) is 50.6 Å². The molecule has 1 aliphatic carbocycles. The molecule has 0 aliphatic heterocycles. The Labute approximate surface area is 109 Å². The molecule has 1 aromatic rings. The molecule has 2 rings (SSSR count). The summed E-state index contributed by atoms with van der Waals surface area (Å²) in [5.41, 5.74) is 1.33. The molecule has 0 spiro atoms. The van der Waals surface area contributed by atoms with E-state index in [1.165, 1.54) is 24.8 Å². The SMILES string of the molecule is CCn1cc(CN(C)C2CCCC2SC)cn1. The fourth-order valence-electron chi connectivity index (χ4n) is 2.75. The number of nitrogens with zero attached hydrogens (tertiary/aromatic N) is 3. The Morgan fingerprint density at radius 1 is 1.53 bits per heavy atom. The number of hydrogen-bond acceptors (Lipinski definition) is 3. The first kappa shape index (κ1) is 13.0. The van der Waals surface area contributed by atoms with Crippen molar-refractivity contribution in [1.82, 2.24) is 14.7 Å². The molecule has 96 valence electrons. The molecule has 1 aromatic heterocycles. The number of hydrogen-bond donors (Lipinski definition) is 0. The van der Waals surface area contributed by atoms with Crippen molar-refractivity contribution in [2.24, 2.45) is 0 Å². The van der Waals surface area contributed by atoms with Crippen LogP contribution in [0.15, 0.2) is 12.4 Å². The first-order chi connectivity index (χ1) is 8.24. The van der Waals surface area contributed by atoms with E-state index in [9.17, 15) is 0 Å². The van der Waals surface area contributed by atoms with Crippen LogP contribution >= 0.6 is 11.8 Å². The van der Waals surface area contributed by atoms with Crippen molar-refractivity contribution >= 4 is 11.8 Å². The molecule has 1 aliphatic rings. The van der Waals surface area contributed by atoms with Crippen LogP contribution in [0.4, 0.5) is 0 Å². The zero-order chi connectivity index (χ0) is 12.3. The quantitative estimate of drug-likeness (QED) is 0.805. The van der Waals surface area contributed by atoms with Gasteiger partial charge in [-0.2, -0.15) is 16.9 Å². The topological polar surface area (TPSA) is 21.1 Å². The van der Waals surface area contributed by atoms with Crippen molar-refractivity contribution in [3.8, 4) is 0 Å². The third-order valence-corrected chi connectivity index (χ3v) is 4.88. The first-order valence-electron chi connectivity index (χ1n) is 6.49. The van der Waals surface area contributed by atoms with Gasteiger partial charge < -0.3 is 0 Å². The molecule has 0 N–H and O–H groups in total. The molecule has 3 nitrogen and oxygen atoms in total. The molecule has 1 saturated carbocycles. The van der Waals surface area contributed by atoms with Crippen LogP contribution in [0.2, 0.25) is 0 Å². The van der Waals surface area contributed by atoms with E-state index in [0.29, 0.717) is 0 Å². The Bertz CT molecular complexity index is 350. The van der Waals surface area contributed by atoms with Crippen molar-refractivity contribution in [3.63, 3.8) is 0 Å². The van der Waals surface area contributed by atoms with Gasteiger partial charge in [0.1, 0.15) is 0 Å². The fraction of sp³-hybridized carbons (Fsp3) is 0.769. The molecule has 0 bridgehead atoms. The van der Waals surface area contributed by atoms with E-state index in [4.69, 9.17) is 0 Å². The lowest BCUT2D eigenvalue weighted by Gasteiger charge is -2.28. The molecule has 4 heteroatoms. The predicted molar refractivity (Wildman–Crippen MR) is 74.3 cm³/mol. The van der Waals surface area contributed by atoms with Crippen molar-refractivity contribution in [3.05, 3.63) is 18.0 Å². The number of thioether (sulfide) groups is 1. The van der Waals surface area contributed by atoms with E-state index in [1.807, 2.05) is 22.6 Å². The van der Waals surface area contributed by atoms with Crippen molar-refractivity contribution in [2.75, 3.05) is 13.3 Å². The monoisotopic (exact) mass is 253 g/mol. The summed E-state index contributed by atoms with van der Waals surface area (Å²) in [6.07, 6.45) is 10.5. The Kier molecular flexibility index (Phi) is 4.51. The first-order valence-corrected chi connectivity index (χ1v) is 7.77. The minimum absolute atomic E-state index is 0.745. The maximum atomic E-state index is 4.34. The van der Waals surface area contributed by atoms with Gasteiger partial charge in [0.25, 0.3) is 0 Å². The lowest BCUT2D eigenvalue weighted by Crippen LogP contribution is -2.35. The highest BCUT2D eigenvalue weighted by molar-refractivity contribution is 7.99. The van der Waals surface area contributed by atoms with Gasteiger partial charge in [0.05, 0.1) is 6.20 Å². The highest BCUT2D eigenvalue weighted by Crippen LogP contribution is 2.32. The van der Waals surface area contributed by atoms with E-state index in [2.05, 4.69) is 36.4 Å². The van der Waals surface area contributed by atoms with Crippen LogP contribution in [0.25, 0.3) is 0 Å². The van der Waals surface area contributed by atoms with E-state index in [1.54, 1.807) is 0 Å². The Morgan fingerprint density at radius 3 is 3.00 bits per heavy atom. The second-order valence-corrected chi connectivity index (χ2v) is 5.97. The standard InChI is InChI=1S/C13H23N3S/c1-4-16-10-11(8-14-16)9-15(2)12-6-5-7-13(12)17-3/h8,10,12-13H,4-7,9H2,1-3H3. The summed E-state index contributed by atoms with van der Waals surface area (Å²) in [7, 11) is 2.25. The molecular weight excluding hydrogens is 230 g/mol. The van der Waals surface area contributed by atoms with Crippen molar-refractivity contribution < 1.29 is 0 Å². The second-order valence-electron chi connectivity index (χ2n) is 4.89. The zero-order valence-electron chi connectivity index (χ0n) is 11.1. The normalized spacial score (nSPS) is 24.7. The average Bonchev–Trinajstić information content (AvgIpc) is 2.96. The lowest BCUT2D eigenvalue weighted by atomic mass is 10.2. The van der Waals surface area contributed by atoms with Gasteiger partial charge >= 0.3 is 0 Å². The minimum atomic E-state index is 0.745. The molecule has 17 heavy (non-hydrogen) atoms. The van der Waals surface area contributed by atoms with Gasteiger partial charge in [-0.25, -0.2) is 0 Å². The number of aryl methyl sites for hydroxylation is 1. The average molecular weight is 253 g/mol. The fourth-order valence-corrected chi connectivity index (χ4v) is 3.81. The number of rotatable bonds is 5. The number of aromatic nitrogens is 2. The van der Waals surface area contributed by atoms with Gasteiger partial charge in [0, 0.05) is 36.1 Å². The molecule has 1 heterocycles. The van der Waals surface area contributed by atoms with Gasteiger partial charge in [0.2, 0.25) is 0 Å². The summed E-state index contributed by atoms with van der Waals surface area (Å²) in [6, 6.07) is 0.745. The molecule has 0 amide bonds. The van der Waals surface area contributed by atoms with Gasteiger partial charge in [0.15, 0.2) is 0 Å². The zero-order valence-corrected chi connectivity index (χ0v) is 11.9. The second kappa shape index (κ2) is 5.91. The largest absolute Gasteiger partial charge is 0.298 e. The molecule has 2 unspecified atom stereocenters. The molecular formula is C13H23N3S. The van der Waals surface area contributed by atoms with Crippen LogP contribution < -0.4 is 0 Å². The Morgan fingerprint density at radius 2 is 2.35 bits per heavy atom. The Hall–Kier alpha value is -0.480. The summed E-state index contributed by atoms with van der Waals surface area (Å²) in [6.45, 7) is 4.11. The van der Waals surface area contributed by atoms with Gasteiger partial charge in [-0.05, 0) is 33.1 Å². The van der Waals surface area contributed by atoms with Gasteiger partial charge in [-0.1, -0.05) is 6.42 Å². The van der Waals surface area contributed by atoms with Crippen LogP contribution in [0.3, 0.4) is 0 Å². The van der Waals surface area contributed by atoms with Crippen LogP contribution in [0, 0.1) is 0 Å². The van der Waals surface area contributed by atoms with Gasteiger partial charge in [-0.3, -0.25) is 9.58 Å². The molecule has 0 aromatic carbocycles. The summed E-state index contributed by atoms with van der Waals surface area (Å²) in [5.74, 6) is 0. The van der Waals surface area contributed by atoms with E-state index >= 15 is 0 Å². The van der Waals surface area contributed by atoms with Crippen LogP contribution in [0.1, 0.15) is 31.7 Å². The van der Waals surface area contributed by atoms with Crippen molar-refractivity contribution in [1.29, 1.82) is 0 Å². The Balaban J connectivity index is 1.93. The minimum Gasteiger partial charge on any atom is -0.298 e.